The summed E-state index contributed by atoms with van der Waals surface area (Å²) in [6.45, 7) is 3.31. The topological polar surface area (TPSA) is 103 Å². The quantitative estimate of drug-likeness (QED) is 0.494. The Morgan fingerprint density at radius 3 is 2.85 bits per heavy atom. The lowest BCUT2D eigenvalue weighted by Crippen LogP contribution is -2.38. The Kier molecular flexibility index (Phi) is 6.70. The largest absolute Gasteiger partial charge is 0.369 e. The molecule has 3 aromatic rings. The maximum Gasteiger partial charge on any atom is 0.285 e. The normalized spacial score (nSPS) is 20.3. The van der Waals surface area contributed by atoms with Crippen LogP contribution in [0.25, 0.3) is 17.0 Å². The van der Waals surface area contributed by atoms with Crippen molar-refractivity contribution in [1.29, 1.82) is 0 Å². The van der Waals surface area contributed by atoms with Crippen LogP contribution in [0, 0.1) is 11.7 Å². The van der Waals surface area contributed by atoms with Crippen molar-refractivity contribution < 1.29 is 14.3 Å². The van der Waals surface area contributed by atoms with E-state index >= 15 is 0 Å². The van der Waals surface area contributed by atoms with Gasteiger partial charge in [-0.25, -0.2) is 14.4 Å². The summed E-state index contributed by atoms with van der Waals surface area (Å²) in [4.78, 5) is 27.7. The average Bonchev–Trinajstić information content (AvgIpc) is 3.16. The zero-order valence-corrected chi connectivity index (χ0v) is 19.3. The van der Waals surface area contributed by atoms with E-state index in [1.54, 1.807) is 24.4 Å². The highest BCUT2D eigenvalue weighted by molar-refractivity contribution is 8.17. The second-order valence-corrected chi connectivity index (χ2v) is 9.51. The van der Waals surface area contributed by atoms with Crippen molar-refractivity contribution in [3.63, 3.8) is 0 Å². The van der Waals surface area contributed by atoms with Gasteiger partial charge in [-0.3, -0.25) is 9.78 Å². The molecule has 1 atom stereocenters. The van der Waals surface area contributed by atoms with Gasteiger partial charge in [0, 0.05) is 36.1 Å². The Hall–Kier alpha value is -3.08. The SMILES string of the molecule is O=C1NC(O)/C(=C/c2ccnc(N3CCC(CNCc4ccc5cc(F)ccc5n4)CC3)n2)S1. The zero-order valence-electron chi connectivity index (χ0n) is 18.4. The number of aliphatic hydroxyl groups excluding tert-OH is 1. The van der Waals surface area contributed by atoms with Gasteiger partial charge in [0.25, 0.3) is 5.24 Å². The molecule has 2 aliphatic heterocycles. The molecule has 10 heteroatoms. The van der Waals surface area contributed by atoms with Gasteiger partial charge in [-0.1, -0.05) is 6.07 Å². The van der Waals surface area contributed by atoms with Gasteiger partial charge < -0.3 is 20.6 Å². The first-order valence-corrected chi connectivity index (χ1v) is 12.1. The number of anilines is 1. The molecule has 1 unspecified atom stereocenters. The van der Waals surface area contributed by atoms with Crippen LogP contribution in [0.4, 0.5) is 15.1 Å². The van der Waals surface area contributed by atoms with Gasteiger partial charge >= 0.3 is 0 Å². The molecule has 0 saturated carbocycles. The van der Waals surface area contributed by atoms with Crippen molar-refractivity contribution in [1.82, 2.24) is 25.6 Å². The fraction of sp³-hybridized carbons (Fsp3) is 0.333. The minimum absolute atomic E-state index is 0.249. The van der Waals surface area contributed by atoms with Crippen LogP contribution >= 0.6 is 11.8 Å². The van der Waals surface area contributed by atoms with Gasteiger partial charge in [0.05, 0.1) is 16.9 Å². The molecule has 0 bridgehead atoms. The smallest absolute Gasteiger partial charge is 0.285 e. The van der Waals surface area contributed by atoms with Crippen molar-refractivity contribution in [2.75, 3.05) is 24.5 Å². The standard InChI is InChI=1S/C24H25FN6O2S/c25-17-2-4-20-16(11-17)1-3-19(28-20)14-26-13-15-6-9-31(10-7-15)23-27-8-5-18(29-23)12-21-22(32)30-24(33)34-21/h1-5,8,11-12,15,22,26,32H,6-7,9-10,13-14H2,(H,30,33)/b21-12-. The summed E-state index contributed by atoms with van der Waals surface area (Å²) in [5, 5.41) is 16.4. The van der Waals surface area contributed by atoms with Gasteiger partial charge in [0.1, 0.15) is 5.82 Å². The minimum atomic E-state index is -0.980. The van der Waals surface area contributed by atoms with Gasteiger partial charge in [-0.15, -0.1) is 0 Å². The number of thioether (sulfide) groups is 1. The summed E-state index contributed by atoms with van der Waals surface area (Å²) in [6.07, 6.45) is 4.49. The minimum Gasteiger partial charge on any atom is -0.369 e. The molecule has 34 heavy (non-hydrogen) atoms. The number of fused-ring (bicyclic) bond motifs is 1. The Morgan fingerprint density at radius 1 is 1.21 bits per heavy atom. The van der Waals surface area contributed by atoms with E-state index in [0.717, 1.165) is 60.8 Å². The first kappa shape index (κ1) is 22.7. The Balaban J connectivity index is 1.12. The number of aromatic nitrogens is 3. The van der Waals surface area contributed by atoms with Crippen molar-refractivity contribution in [3.05, 3.63) is 64.7 Å². The number of amides is 1. The first-order valence-electron chi connectivity index (χ1n) is 11.3. The number of hydrogen-bond donors (Lipinski definition) is 3. The van der Waals surface area contributed by atoms with Crippen molar-refractivity contribution in [2.45, 2.75) is 25.6 Å². The van der Waals surface area contributed by atoms with Crippen LogP contribution in [-0.4, -0.2) is 51.2 Å². The maximum atomic E-state index is 13.3. The van der Waals surface area contributed by atoms with Gasteiger partial charge in [-0.2, -0.15) is 0 Å². The molecule has 5 rings (SSSR count). The molecule has 1 aromatic carbocycles. The first-order chi connectivity index (χ1) is 16.5. The Labute approximate surface area is 200 Å². The van der Waals surface area contributed by atoms with Gasteiger partial charge in [0.15, 0.2) is 6.23 Å². The molecule has 2 aromatic heterocycles. The van der Waals surface area contributed by atoms with Crippen LogP contribution in [0.1, 0.15) is 24.2 Å². The summed E-state index contributed by atoms with van der Waals surface area (Å²) in [7, 11) is 0. The summed E-state index contributed by atoms with van der Waals surface area (Å²) in [6, 6.07) is 10.3. The van der Waals surface area contributed by atoms with Crippen molar-refractivity contribution >= 4 is 39.9 Å². The van der Waals surface area contributed by atoms with Gasteiger partial charge in [0.2, 0.25) is 5.95 Å². The van der Waals surface area contributed by atoms with E-state index in [1.165, 1.54) is 12.1 Å². The monoisotopic (exact) mass is 480 g/mol. The van der Waals surface area contributed by atoms with Crippen molar-refractivity contribution in [2.24, 2.45) is 5.92 Å². The Morgan fingerprint density at radius 2 is 2.06 bits per heavy atom. The highest BCUT2D eigenvalue weighted by atomic mass is 32.2. The predicted octanol–water partition coefficient (Wildman–Crippen LogP) is 3.29. The number of halogens is 1. The molecule has 0 radical (unpaired) electrons. The average molecular weight is 481 g/mol. The lowest BCUT2D eigenvalue weighted by molar-refractivity contribution is 0.192. The molecule has 2 saturated heterocycles. The third kappa shape index (κ3) is 5.35. The molecule has 0 spiro atoms. The fourth-order valence-electron chi connectivity index (χ4n) is 4.20. The number of nitrogens with zero attached hydrogens (tertiary/aromatic N) is 4. The molecule has 4 heterocycles. The van der Waals surface area contributed by atoms with Crippen molar-refractivity contribution in [3.8, 4) is 0 Å². The molecular weight excluding hydrogens is 455 g/mol. The highest BCUT2D eigenvalue weighted by Crippen LogP contribution is 2.28. The number of pyridine rings is 1. The number of nitrogens with one attached hydrogen (secondary N) is 2. The third-order valence-corrected chi connectivity index (χ3v) is 6.91. The molecule has 1 amide bonds. The zero-order chi connectivity index (χ0) is 23.5. The van der Waals surface area contributed by atoms with Crippen LogP contribution in [0.3, 0.4) is 0 Å². The fourth-order valence-corrected chi connectivity index (χ4v) is 4.94. The lowest BCUT2D eigenvalue weighted by atomic mass is 9.97. The number of piperidine rings is 1. The molecule has 8 nitrogen and oxygen atoms in total. The van der Waals surface area contributed by atoms with Crippen LogP contribution in [-0.2, 0) is 6.54 Å². The number of hydrogen-bond acceptors (Lipinski definition) is 8. The van der Waals surface area contributed by atoms with E-state index < -0.39 is 6.23 Å². The number of carbonyl (C=O) groups excluding carboxylic acids is 1. The van der Waals surface area contributed by atoms with E-state index in [2.05, 4.69) is 30.5 Å². The molecular formula is C24H25FN6O2S. The molecule has 3 N–H and O–H groups in total. The highest BCUT2D eigenvalue weighted by Gasteiger charge is 2.26. The Bertz CT molecular complexity index is 1230. The van der Waals surface area contributed by atoms with E-state index in [1.807, 2.05) is 12.1 Å². The molecule has 2 aliphatic rings. The van der Waals surface area contributed by atoms with Crippen LogP contribution in [0.2, 0.25) is 0 Å². The second kappa shape index (κ2) is 10.0. The van der Waals surface area contributed by atoms with Crippen LogP contribution in [0.5, 0.6) is 0 Å². The molecule has 2 fully saturated rings. The lowest BCUT2D eigenvalue weighted by Gasteiger charge is -2.32. The van der Waals surface area contributed by atoms with Crippen LogP contribution < -0.4 is 15.5 Å². The van der Waals surface area contributed by atoms with E-state index in [4.69, 9.17) is 0 Å². The second-order valence-electron chi connectivity index (χ2n) is 8.47. The third-order valence-electron chi connectivity index (χ3n) is 6.03. The van der Waals surface area contributed by atoms with E-state index in [0.29, 0.717) is 29.0 Å². The summed E-state index contributed by atoms with van der Waals surface area (Å²) in [5.41, 5.74) is 2.41. The number of rotatable bonds is 6. The number of carbonyl (C=O) groups is 1. The summed E-state index contributed by atoms with van der Waals surface area (Å²) in [5.74, 6) is 0.966. The van der Waals surface area contributed by atoms with Gasteiger partial charge in [-0.05, 0) is 73.5 Å². The van der Waals surface area contributed by atoms with E-state index in [9.17, 15) is 14.3 Å². The van der Waals surface area contributed by atoms with E-state index in [-0.39, 0.29) is 11.1 Å². The summed E-state index contributed by atoms with van der Waals surface area (Å²) < 4.78 is 13.3. The molecule has 0 aliphatic carbocycles. The predicted molar refractivity (Wildman–Crippen MR) is 130 cm³/mol. The van der Waals surface area contributed by atoms with Crippen LogP contribution in [0.15, 0.2) is 47.5 Å². The maximum absolute atomic E-state index is 13.3. The summed E-state index contributed by atoms with van der Waals surface area (Å²) >= 11 is 0.978. The number of aliphatic hydroxyl groups is 1. The number of benzene rings is 1. The molecule has 176 valence electrons.